The van der Waals surface area contributed by atoms with Gasteiger partial charge in [0.2, 0.25) is 5.95 Å². The summed E-state index contributed by atoms with van der Waals surface area (Å²) < 4.78 is 4.72. The number of nitrogens with one attached hydrogen (secondary N) is 2. The summed E-state index contributed by atoms with van der Waals surface area (Å²) >= 11 is 0. The first-order valence-corrected chi connectivity index (χ1v) is 4.29. The molecular weight excluding hydrogens is 184 g/mol. The first-order valence-electron chi connectivity index (χ1n) is 4.29. The number of hydrogen-bond donors (Lipinski definition) is 2. The molecule has 1 aliphatic rings. The number of alkyl carbamates (subject to hydrolysis) is 1. The molecule has 1 unspecified atom stereocenters. The zero-order chi connectivity index (χ0) is 9.80. The van der Waals surface area contributed by atoms with Gasteiger partial charge in [0, 0.05) is 18.9 Å². The monoisotopic (exact) mass is 194 g/mol. The predicted molar refractivity (Wildman–Crippen MR) is 48.8 cm³/mol. The van der Waals surface area contributed by atoms with Gasteiger partial charge in [0.1, 0.15) is 6.61 Å². The number of carbonyl (C=O) groups excluding carboxylic acids is 1. The second kappa shape index (κ2) is 3.91. The largest absolute Gasteiger partial charge is 0.447 e. The quantitative estimate of drug-likeness (QED) is 0.708. The Balaban J connectivity index is 1.80. The van der Waals surface area contributed by atoms with Crippen molar-refractivity contribution >= 4 is 12.0 Å². The maximum absolute atomic E-state index is 10.7. The van der Waals surface area contributed by atoms with E-state index in [4.69, 9.17) is 4.74 Å². The molecule has 14 heavy (non-hydrogen) atoms. The topological polar surface area (TPSA) is 76.1 Å². The summed E-state index contributed by atoms with van der Waals surface area (Å²) in [6.07, 6.45) is 2.93. The summed E-state index contributed by atoms with van der Waals surface area (Å²) in [4.78, 5) is 18.6. The molecule has 1 aromatic rings. The number of ether oxygens (including phenoxy) is 1. The van der Waals surface area contributed by atoms with Gasteiger partial charge in [0.15, 0.2) is 0 Å². The van der Waals surface area contributed by atoms with Crippen LogP contribution in [0.1, 0.15) is 0 Å². The molecule has 1 amide bonds. The fourth-order valence-corrected chi connectivity index (χ4v) is 1.14. The summed E-state index contributed by atoms with van der Waals surface area (Å²) in [5.74, 6) is 0.550. The number of hydrogen-bond acceptors (Lipinski definition) is 5. The zero-order valence-electron chi connectivity index (χ0n) is 7.43. The Labute approximate surface area is 80.7 Å². The molecule has 1 aromatic heterocycles. The van der Waals surface area contributed by atoms with Gasteiger partial charge in [-0.05, 0) is 6.07 Å². The van der Waals surface area contributed by atoms with E-state index in [1.54, 1.807) is 18.5 Å². The van der Waals surface area contributed by atoms with Gasteiger partial charge in [-0.25, -0.2) is 14.8 Å². The number of nitrogens with zero attached hydrogens (tertiary/aromatic N) is 2. The Kier molecular flexibility index (Phi) is 2.44. The van der Waals surface area contributed by atoms with Gasteiger partial charge < -0.3 is 15.4 Å². The van der Waals surface area contributed by atoms with Crippen LogP contribution in [0.5, 0.6) is 0 Å². The number of rotatable bonds is 3. The molecule has 0 saturated carbocycles. The molecule has 0 radical (unpaired) electrons. The number of anilines is 1. The van der Waals surface area contributed by atoms with E-state index < -0.39 is 0 Å². The maximum Gasteiger partial charge on any atom is 0.407 e. The van der Waals surface area contributed by atoms with E-state index in [0.29, 0.717) is 19.1 Å². The summed E-state index contributed by atoms with van der Waals surface area (Å²) in [6.45, 7) is 0.953. The first kappa shape index (κ1) is 8.74. The molecule has 2 heterocycles. The summed E-state index contributed by atoms with van der Waals surface area (Å²) in [5, 5.41) is 5.64. The highest BCUT2D eigenvalue weighted by atomic mass is 16.6. The highest BCUT2D eigenvalue weighted by molar-refractivity contribution is 5.69. The van der Waals surface area contributed by atoms with Crippen molar-refractivity contribution in [3.05, 3.63) is 18.5 Å². The number of amides is 1. The van der Waals surface area contributed by atoms with Gasteiger partial charge in [-0.15, -0.1) is 0 Å². The van der Waals surface area contributed by atoms with Gasteiger partial charge >= 0.3 is 6.09 Å². The fraction of sp³-hybridized carbons (Fsp3) is 0.375. The lowest BCUT2D eigenvalue weighted by atomic mass is 10.3. The lowest BCUT2D eigenvalue weighted by Crippen LogP contribution is -2.33. The van der Waals surface area contributed by atoms with Crippen LogP contribution < -0.4 is 10.6 Å². The van der Waals surface area contributed by atoms with Crippen LogP contribution in [0.2, 0.25) is 0 Å². The van der Waals surface area contributed by atoms with E-state index in [-0.39, 0.29) is 12.1 Å². The van der Waals surface area contributed by atoms with Gasteiger partial charge in [-0.1, -0.05) is 0 Å². The van der Waals surface area contributed by atoms with Crippen molar-refractivity contribution in [2.45, 2.75) is 6.04 Å². The van der Waals surface area contributed by atoms with Crippen LogP contribution >= 0.6 is 0 Å². The van der Waals surface area contributed by atoms with E-state index in [0.717, 1.165) is 0 Å². The molecule has 0 aromatic carbocycles. The average molecular weight is 194 g/mol. The van der Waals surface area contributed by atoms with Gasteiger partial charge in [0.05, 0.1) is 6.04 Å². The Morgan fingerprint density at radius 3 is 3.00 bits per heavy atom. The fourth-order valence-electron chi connectivity index (χ4n) is 1.14. The minimum atomic E-state index is -0.370. The zero-order valence-corrected chi connectivity index (χ0v) is 7.43. The highest BCUT2D eigenvalue weighted by Gasteiger charge is 2.21. The molecule has 1 atom stereocenters. The molecular formula is C8H10N4O2. The molecule has 2 N–H and O–H groups in total. The van der Waals surface area contributed by atoms with Crippen LogP contribution in [0.25, 0.3) is 0 Å². The average Bonchev–Trinajstić information content (AvgIpc) is 2.63. The molecule has 6 heteroatoms. The van der Waals surface area contributed by atoms with Crippen LogP contribution in [-0.2, 0) is 4.74 Å². The first-order chi connectivity index (χ1) is 6.84. The molecule has 0 spiro atoms. The Morgan fingerprint density at radius 2 is 2.36 bits per heavy atom. The van der Waals surface area contributed by atoms with E-state index >= 15 is 0 Å². The third-order valence-corrected chi connectivity index (χ3v) is 1.81. The molecule has 6 nitrogen and oxygen atoms in total. The van der Waals surface area contributed by atoms with E-state index in [9.17, 15) is 4.79 Å². The van der Waals surface area contributed by atoms with Gasteiger partial charge in [-0.2, -0.15) is 0 Å². The summed E-state index contributed by atoms with van der Waals surface area (Å²) in [7, 11) is 0. The third kappa shape index (κ3) is 2.09. The van der Waals surface area contributed by atoms with Crippen LogP contribution in [0, 0.1) is 0 Å². The lowest BCUT2D eigenvalue weighted by Gasteiger charge is -2.07. The lowest BCUT2D eigenvalue weighted by molar-refractivity contribution is 0.177. The minimum absolute atomic E-state index is 0.00805. The van der Waals surface area contributed by atoms with Crippen molar-refractivity contribution in [1.82, 2.24) is 15.3 Å². The predicted octanol–water partition coefficient (Wildman–Crippen LogP) is -0.00310. The molecule has 74 valence electrons. The Bertz CT molecular complexity index is 316. The maximum atomic E-state index is 10.7. The molecule has 1 saturated heterocycles. The number of aromatic nitrogens is 2. The molecule has 0 bridgehead atoms. The molecule has 1 fully saturated rings. The highest BCUT2D eigenvalue weighted by Crippen LogP contribution is 1.99. The van der Waals surface area contributed by atoms with Crippen molar-refractivity contribution in [2.75, 3.05) is 18.5 Å². The molecule has 0 aliphatic carbocycles. The Hall–Kier alpha value is -1.85. The second-order valence-corrected chi connectivity index (χ2v) is 2.89. The van der Waals surface area contributed by atoms with Crippen molar-refractivity contribution in [2.24, 2.45) is 0 Å². The summed E-state index contributed by atoms with van der Waals surface area (Å²) in [6, 6.07) is 1.73. The SMILES string of the molecule is O=C1NC(CNc2ncccn2)CO1. The van der Waals surface area contributed by atoms with Crippen molar-refractivity contribution < 1.29 is 9.53 Å². The van der Waals surface area contributed by atoms with Crippen LogP contribution in [0.4, 0.5) is 10.7 Å². The van der Waals surface area contributed by atoms with Crippen LogP contribution in [-0.4, -0.2) is 35.3 Å². The Morgan fingerprint density at radius 1 is 1.57 bits per heavy atom. The standard InChI is InChI=1S/C8H10N4O2/c13-8-12-6(5-14-8)4-11-7-9-2-1-3-10-7/h1-3,6H,4-5H2,(H,12,13)(H,9,10,11). The van der Waals surface area contributed by atoms with Crippen molar-refractivity contribution in [3.63, 3.8) is 0 Å². The number of cyclic esters (lactones) is 1. The van der Waals surface area contributed by atoms with Crippen molar-refractivity contribution in [1.29, 1.82) is 0 Å². The van der Waals surface area contributed by atoms with E-state index in [1.165, 1.54) is 0 Å². The van der Waals surface area contributed by atoms with Crippen molar-refractivity contribution in [3.8, 4) is 0 Å². The molecule has 2 rings (SSSR count). The summed E-state index contributed by atoms with van der Waals surface area (Å²) in [5.41, 5.74) is 0. The smallest absolute Gasteiger partial charge is 0.407 e. The van der Waals surface area contributed by atoms with E-state index in [2.05, 4.69) is 20.6 Å². The van der Waals surface area contributed by atoms with Gasteiger partial charge in [-0.3, -0.25) is 0 Å². The second-order valence-electron chi connectivity index (χ2n) is 2.89. The normalized spacial score (nSPS) is 20.0. The minimum Gasteiger partial charge on any atom is -0.447 e. The van der Waals surface area contributed by atoms with Crippen LogP contribution in [0.3, 0.4) is 0 Å². The third-order valence-electron chi connectivity index (χ3n) is 1.81. The van der Waals surface area contributed by atoms with E-state index in [1.807, 2.05) is 0 Å². The van der Waals surface area contributed by atoms with Crippen LogP contribution in [0.15, 0.2) is 18.5 Å². The number of carbonyl (C=O) groups is 1. The van der Waals surface area contributed by atoms with Gasteiger partial charge in [0.25, 0.3) is 0 Å². The molecule has 1 aliphatic heterocycles.